The second-order valence-electron chi connectivity index (χ2n) is 5.51. The topological polar surface area (TPSA) is 57.6 Å². The van der Waals surface area contributed by atoms with Crippen molar-refractivity contribution in [3.8, 4) is 0 Å². The molecule has 3 rings (SSSR count). The molecule has 22 heavy (non-hydrogen) atoms. The molecule has 1 aliphatic heterocycles. The molecule has 2 aromatic rings. The number of Topliss-reactive ketones (excluding diaryl/α,β-unsaturated/α-hetero) is 1. The van der Waals surface area contributed by atoms with Crippen LogP contribution in [0.5, 0.6) is 0 Å². The molecule has 1 amide bonds. The molecule has 4 heteroatoms. The molecule has 3 atom stereocenters. The monoisotopic (exact) mass is 295 g/mol. The number of carbonyl (C=O) groups is 2. The van der Waals surface area contributed by atoms with Crippen LogP contribution in [-0.4, -0.2) is 40.9 Å². The highest BCUT2D eigenvalue weighted by molar-refractivity contribution is 6.05. The van der Waals surface area contributed by atoms with Gasteiger partial charge in [-0.3, -0.25) is 9.59 Å². The summed E-state index contributed by atoms with van der Waals surface area (Å²) in [7, 11) is 1.57. The number of benzene rings is 2. The number of likely N-dealkylation sites (N-methyl/N-ethyl adjacent to an activating group) is 1. The molecule has 1 aliphatic rings. The number of nitrogens with zero attached hydrogens (tertiary/aromatic N) is 1. The molecule has 0 aromatic heterocycles. The van der Waals surface area contributed by atoms with Crippen LogP contribution >= 0.6 is 0 Å². The number of likely N-dealkylation sites (tertiary alicyclic amines) is 1. The summed E-state index contributed by atoms with van der Waals surface area (Å²) in [6, 6.07) is 17.4. The Morgan fingerprint density at radius 2 is 1.55 bits per heavy atom. The molecule has 1 heterocycles. The van der Waals surface area contributed by atoms with Gasteiger partial charge >= 0.3 is 0 Å². The molecule has 0 bridgehead atoms. The van der Waals surface area contributed by atoms with Gasteiger partial charge in [0, 0.05) is 18.5 Å². The number of amides is 1. The summed E-state index contributed by atoms with van der Waals surface area (Å²) in [6.45, 7) is 0. The maximum absolute atomic E-state index is 12.8. The predicted molar refractivity (Wildman–Crippen MR) is 82.5 cm³/mol. The Hall–Kier alpha value is -2.46. The van der Waals surface area contributed by atoms with E-state index in [-0.39, 0.29) is 5.78 Å². The molecule has 0 saturated carbocycles. The van der Waals surface area contributed by atoms with Gasteiger partial charge in [0.25, 0.3) is 5.91 Å². The summed E-state index contributed by atoms with van der Waals surface area (Å²) in [5.74, 6) is -1.11. The van der Waals surface area contributed by atoms with E-state index in [1.165, 1.54) is 4.90 Å². The van der Waals surface area contributed by atoms with Crippen molar-refractivity contribution in [1.29, 1.82) is 0 Å². The van der Waals surface area contributed by atoms with Gasteiger partial charge in [0.1, 0.15) is 12.1 Å². The molecule has 2 aromatic carbocycles. The maximum Gasteiger partial charge on any atom is 0.252 e. The third kappa shape index (κ3) is 2.31. The van der Waals surface area contributed by atoms with Crippen molar-refractivity contribution in [3.63, 3.8) is 0 Å². The molecular formula is C18H17NO3. The van der Waals surface area contributed by atoms with E-state index in [1.807, 2.05) is 36.4 Å². The summed E-state index contributed by atoms with van der Waals surface area (Å²) in [5, 5.41) is 10.3. The fourth-order valence-electron chi connectivity index (χ4n) is 3.06. The zero-order valence-corrected chi connectivity index (χ0v) is 12.2. The highest BCUT2D eigenvalue weighted by Crippen LogP contribution is 2.35. The zero-order chi connectivity index (χ0) is 15.7. The molecule has 1 fully saturated rings. The van der Waals surface area contributed by atoms with Crippen molar-refractivity contribution in [2.45, 2.75) is 18.1 Å². The van der Waals surface area contributed by atoms with Gasteiger partial charge in [-0.05, 0) is 5.56 Å². The SMILES string of the molecule is CN1C(=O)[C@@H](O)[C@H](c2ccccc2)[C@H]1C(=O)c1ccccc1. The Labute approximate surface area is 129 Å². The third-order valence-electron chi connectivity index (χ3n) is 4.21. The van der Waals surface area contributed by atoms with Crippen LogP contribution in [0.25, 0.3) is 0 Å². The molecule has 112 valence electrons. The Morgan fingerprint density at radius 1 is 1.00 bits per heavy atom. The summed E-state index contributed by atoms with van der Waals surface area (Å²) in [5.41, 5.74) is 1.34. The van der Waals surface area contributed by atoms with Crippen LogP contribution in [0.4, 0.5) is 0 Å². The lowest BCUT2D eigenvalue weighted by Gasteiger charge is -2.24. The third-order valence-corrected chi connectivity index (χ3v) is 4.21. The summed E-state index contributed by atoms with van der Waals surface area (Å²) in [6.07, 6.45) is -1.19. The van der Waals surface area contributed by atoms with Crippen molar-refractivity contribution in [2.75, 3.05) is 7.05 Å². The van der Waals surface area contributed by atoms with Gasteiger partial charge in [0.05, 0.1) is 0 Å². The minimum absolute atomic E-state index is 0.151. The molecule has 0 aliphatic carbocycles. The first kappa shape index (κ1) is 14.5. The van der Waals surface area contributed by atoms with E-state index in [1.54, 1.807) is 31.3 Å². The average Bonchev–Trinajstić information content (AvgIpc) is 2.80. The smallest absolute Gasteiger partial charge is 0.252 e. The molecule has 1 N–H and O–H groups in total. The standard InChI is InChI=1S/C18H17NO3/c1-19-15(16(20)13-10-6-3-7-11-13)14(17(21)18(19)22)12-8-4-2-5-9-12/h2-11,14-15,17,21H,1H3/t14-,15+,17+/m1/s1. The Balaban J connectivity index is 2.03. The van der Waals surface area contributed by atoms with Crippen molar-refractivity contribution in [2.24, 2.45) is 0 Å². The van der Waals surface area contributed by atoms with E-state index in [0.29, 0.717) is 5.56 Å². The van der Waals surface area contributed by atoms with Crippen molar-refractivity contribution in [3.05, 3.63) is 71.8 Å². The van der Waals surface area contributed by atoms with Crippen LogP contribution in [0.15, 0.2) is 60.7 Å². The minimum Gasteiger partial charge on any atom is -0.383 e. The number of aliphatic hydroxyl groups excluding tert-OH is 1. The first-order valence-corrected chi connectivity index (χ1v) is 7.20. The Kier molecular flexibility index (Phi) is 3.77. The van der Waals surface area contributed by atoms with E-state index in [4.69, 9.17) is 0 Å². The maximum atomic E-state index is 12.8. The van der Waals surface area contributed by atoms with Gasteiger partial charge in [-0.1, -0.05) is 60.7 Å². The fraction of sp³-hybridized carbons (Fsp3) is 0.222. The first-order valence-electron chi connectivity index (χ1n) is 7.20. The lowest BCUT2D eigenvalue weighted by atomic mass is 9.86. The van der Waals surface area contributed by atoms with E-state index in [2.05, 4.69) is 0 Å². The number of ketones is 1. The minimum atomic E-state index is -1.19. The summed E-state index contributed by atoms with van der Waals surface area (Å²) in [4.78, 5) is 26.3. The molecule has 0 spiro atoms. The van der Waals surface area contributed by atoms with Crippen LogP contribution in [-0.2, 0) is 4.79 Å². The lowest BCUT2D eigenvalue weighted by Crippen LogP contribution is -2.38. The van der Waals surface area contributed by atoms with Gasteiger partial charge in [0.2, 0.25) is 0 Å². The predicted octanol–water partition coefficient (Wildman–Crippen LogP) is 1.85. The fourth-order valence-corrected chi connectivity index (χ4v) is 3.06. The van der Waals surface area contributed by atoms with Crippen molar-refractivity contribution >= 4 is 11.7 Å². The number of hydrogen-bond acceptors (Lipinski definition) is 3. The highest BCUT2D eigenvalue weighted by Gasteiger charge is 2.49. The highest BCUT2D eigenvalue weighted by atomic mass is 16.3. The van der Waals surface area contributed by atoms with Crippen LogP contribution in [0.3, 0.4) is 0 Å². The quantitative estimate of drug-likeness (QED) is 0.879. The van der Waals surface area contributed by atoms with Gasteiger partial charge in [-0.15, -0.1) is 0 Å². The van der Waals surface area contributed by atoms with Gasteiger partial charge in [-0.2, -0.15) is 0 Å². The van der Waals surface area contributed by atoms with Crippen molar-refractivity contribution in [1.82, 2.24) is 4.90 Å². The van der Waals surface area contributed by atoms with Crippen LogP contribution < -0.4 is 0 Å². The lowest BCUT2D eigenvalue weighted by molar-refractivity contribution is -0.134. The summed E-state index contributed by atoms with van der Waals surface area (Å²) >= 11 is 0. The van der Waals surface area contributed by atoms with Crippen LogP contribution in [0, 0.1) is 0 Å². The number of carbonyl (C=O) groups excluding carboxylic acids is 2. The first-order chi connectivity index (χ1) is 10.6. The molecular weight excluding hydrogens is 278 g/mol. The molecule has 1 saturated heterocycles. The molecule has 0 radical (unpaired) electrons. The Morgan fingerprint density at radius 3 is 2.14 bits per heavy atom. The normalized spacial score (nSPS) is 24.5. The van der Waals surface area contributed by atoms with Gasteiger partial charge < -0.3 is 10.0 Å². The van der Waals surface area contributed by atoms with Gasteiger partial charge in [-0.25, -0.2) is 0 Å². The van der Waals surface area contributed by atoms with E-state index in [9.17, 15) is 14.7 Å². The summed E-state index contributed by atoms with van der Waals surface area (Å²) < 4.78 is 0. The van der Waals surface area contributed by atoms with Gasteiger partial charge in [0.15, 0.2) is 5.78 Å². The molecule has 4 nitrogen and oxygen atoms in total. The number of aliphatic hydroxyl groups is 1. The van der Waals surface area contributed by atoms with E-state index in [0.717, 1.165) is 5.56 Å². The second-order valence-corrected chi connectivity index (χ2v) is 5.51. The van der Waals surface area contributed by atoms with E-state index >= 15 is 0 Å². The largest absolute Gasteiger partial charge is 0.383 e. The number of hydrogen-bond donors (Lipinski definition) is 1. The van der Waals surface area contributed by atoms with Crippen molar-refractivity contribution < 1.29 is 14.7 Å². The zero-order valence-electron chi connectivity index (χ0n) is 12.2. The average molecular weight is 295 g/mol. The number of rotatable bonds is 3. The van der Waals surface area contributed by atoms with Crippen LogP contribution in [0.2, 0.25) is 0 Å². The second kappa shape index (κ2) is 5.73. The van der Waals surface area contributed by atoms with E-state index < -0.39 is 24.0 Å². The Bertz CT molecular complexity index is 684. The molecule has 0 unspecified atom stereocenters. The van der Waals surface area contributed by atoms with Crippen LogP contribution in [0.1, 0.15) is 21.8 Å².